The number of alkyl halides is 3. The van der Waals surface area contributed by atoms with Crippen molar-refractivity contribution in [3.63, 3.8) is 0 Å². The third-order valence-electron chi connectivity index (χ3n) is 7.84. The van der Waals surface area contributed by atoms with E-state index in [2.05, 4.69) is 15.6 Å². The molecule has 0 saturated heterocycles. The van der Waals surface area contributed by atoms with E-state index in [1.165, 1.54) is 12.1 Å². The molecule has 2 heterocycles. The summed E-state index contributed by atoms with van der Waals surface area (Å²) >= 11 is 0. The number of hydrogen-bond acceptors (Lipinski definition) is 7. The Balaban J connectivity index is 1.18. The molecule has 1 unspecified atom stereocenters. The number of anilines is 1. The number of rotatable bonds is 12. The lowest BCUT2D eigenvalue weighted by Crippen LogP contribution is -2.28. The van der Waals surface area contributed by atoms with Gasteiger partial charge in [0.05, 0.1) is 17.4 Å². The van der Waals surface area contributed by atoms with Crippen LogP contribution >= 0.6 is 0 Å². The standard InChI is InChI=1S/C37H30F3N3O6S/c38-37(39,40)30-14-9-25(10-15-30)24-5-7-26(8-6-24)32(43-31-16-11-27(12-17-31)36(44)41-19-20-50(45,46)47)23-48-35-18-13-29(22-42-35)34-21-28-3-1-2-4-33(28)49-34/h1-18,21-22,32,43H,19-20,23H2,(H,41,44)(H,45,46,47). The molecule has 0 aliphatic heterocycles. The first-order valence-electron chi connectivity index (χ1n) is 15.4. The van der Waals surface area contributed by atoms with Crippen LogP contribution in [0.25, 0.3) is 33.4 Å². The summed E-state index contributed by atoms with van der Waals surface area (Å²) in [5.74, 6) is -0.0607. The van der Waals surface area contributed by atoms with Gasteiger partial charge in [0.1, 0.15) is 18.0 Å². The molecule has 0 spiro atoms. The third kappa shape index (κ3) is 8.67. The second-order valence-electron chi connectivity index (χ2n) is 11.4. The van der Waals surface area contributed by atoms with Crippen LogP contribution in [0.4, 0.5) is 18.9 Å². The minimum absolute atomic E-state index is 0.133. The van der Waals surface area contributed by atoms with Crippen LogP contribution < -0.4 is 15.4 Å². The molecule has 9 nitrogen and oxygen atoms in total. The van der Waals surface area contributed by atoms with E-state index in [0.29, 0.717) is 22.9 Å². The lowest BCUT2D eigenvalue weighted by molar-refractivity contribution is -0.137. The summed E-state index contributed by atoms with van der Waals surface area (Å²) in [4.78, 5) is 16.9. The number of carbonyl (C=O) groups excluding carboxylic acids is 1. The highest BCUT2D eigenvalue weighted by Gasteiger charge is 2.30. The number of nitrogens with zero attached hydrogens (tertiary/aromatic N) is 1. The van der Waals surface area contributed by atoms with Crippen molar-refractivity contribution in [3.8, 4) is 28.3 Å². The molecular weight excluding hydrogens is 671 g/mol. The lowest BCUT2D eigenvalue weighted by atomic mass is 9.99. The molecule has 0 aliphatic carbocycles. The number of nitrogens with one attached hydrogen (secondary N) is 2. The van der Waals surface area contributed by atoms with Gasteiger partial charge < -0.3 is 19.8 Å². The van der Waals surface area contributed by atoms with E-state index in [1.54, 1.807) is 36.5 Å². The molecule has 13 heteroatoms. The number of pyridine rings is 1. The van der Waals surface area contributed by atoms with Crippen LogP contribution in [-0.4, -0.2) is 42.8 Å². The monoisotopic (exact) mass is 701 g/mol. The fourth-order valence-corrected chi connectivity index (χ4v) is 5.56. The molecule has 0 radical (unpaired) electrons. The molecule has 4 aromatic carbocycles. The average molecular weight is 702 g/mol. The number of para-hydroxylation sites is 1. The Kier molecular flexibility index (Phi) is 9.88. The average Bonchev–Trinajstić information content (AvgIpc) is 3.54. The van der Waals surface area contributed by atoms with Gasteiger partial charge in [-0.1, -0.05) is 54.6 Å². The van der Waals surface area contributed by atoms with Crippen molar-refractivity contribution >= 4 is 32.7 Å². The predicted octanol–water partition coefficient (Wildman–Crippen LogP) is 8.03. The Bertz CT molecular complexity index is 2150. The third-order valence-corrected chi connectivity index (χ3v) is 8.56. The van der Waals surface area contributed by atoms with Gasteiger partial charge in [0.15, 0.2) is 0 Å². The van der Waals surface area contributed by atoms with Crippen molar-refractivity contribution in [1.29, 1.82) is 0 Å². The molecule has 1 atom stereocenters. The summed E-state index contributed by atoms with van der Waals surface area (Å²) in [7, 11) is -4.21. The minimum atomic E-state index is -4.42. The number of ether oxygens (including phenoxy) is 1. The van der Waals surface area contributed by atoms with Crippen molar-refractivity contribution < 1.29 is 40.1 Å². The van der Waals surface area contributed by atoms with Gasteiger partial charge in [-0.3, -0.25) is 9.35 Å². The van der Waals surface area contributed by atoms with Gasteiger partial charge in [-0.2, -0.15) is 21.6 Å². The molecule has 0 fully saturated rings. The first-order valence-corrected chi connectivity index (χ1v) is 17.0. The molecular formula is C37H30F3N3O6S. The molecule has 6 aromatic rings. The number of amides is 1. The van der Waals surface area contributed by atoms with E-state index < -0.39 is 39.6 Å². The fraction of sp³-hybridized carbons (Fsp3) is 0.135. The Morgan fingerprint density at radius 2 is 1.52 bits per heavy atom. The summed E-state index contributed by atoms with van der Waals surface area (Å²) < 4.78 is 81.9. The van der Waals surface area contributed by atoms with Gasteiger partial charge in [0, 0.05) is 41.0 Å². The number of hydrogen-bond donors (Lipinski definition) is 3. The van der Waals surface area contributed by atoms with E-state index >= 15 is 0 Å². The Morgan fingerprint density at radius 3 is 2.14 bits per heavy atom. The quantitative estimate of drug-likeness (QED) is 0.109. The molecule has 6 rings (SSSR count). The van der Waals surface area contributed by atoms with Gasteiger partial charge in [-0.25, -0.2) is 4.98 Å². The van der Waals surface area contributed by atoms with Crippen molar-refractivity contribution in [2.45, 2.75) is 12.2 Å². The van der Waals surface area contributed by atoms with Crippen LogP contribution in [0.2, 0.25) is 0 Å². The van der Waals surface area contributed by atoms with Gasteiger partial charge >= 0.3 is 6.18 Å². The minimum Gasteiger partial charge on any atom is -0.475 e. The zero-order chi connectivity index (χ0) is 35.3. The highest BCUT2D eigenvalue weighted by Crippen LogP contribution is 2.32. The van der Waals surface area contributed by atoms with Gasteiger partial charge in [0.2, 0.25) is 5.88 Å². The van der Waals surface area contributed by atoms with Crippen LogP contribution in [0.3, 0.4) is 0 Å². The van der Waals surface area contributed by atoms with E-state index in [-0.39, 0.29) is 18.7 Å². The van der Waals surface area contributed by atoms with Crippen LogP contribution in [0, 0.1) is 0 Å². The van der Waals surface area contributed by atoms with Gasteiger partial charge in [-0.05, 0) is 71.3 Å². The molecule has 0 aliphatic rings. The number of aromatic nitrogens is 1. The second kappa shape index (κ2) is 14.4. The summed E-state index contributed by atoms with van der Waals surface area (Å²) in [6, 6.07) is 31.6. The lowest BCUT2D eigenvalue weighted by Gasteiger charge is -2.21. The maximum absolute atomic E-state index is 13.1. The molecule has 0 saturated carbocycles. The van der Waals surface area contributed by atoms with Crippen LogP contribution in [0.15, 0.2) is 126 Å². The number of halogens is 3. The summed E-state index contributed by atoms with van der Waals surface area (Å²) in [5, 5.41) is 6.82. The first kappa shape index (κ1) is 34.2. The Hall–Kier alpha value is -5.66. The molecule has 3 N–H and O–H groups in total. The molecule has 2 aromatic heterocycles. The van der Waals surface area contributed by atoms with Gasteiger partial charge in [0.25, 0.3) is 16.0 Å². The Morgan fingerprint density at radius 1 is 0.860 bits per heavy atom. The summed E-state index contributed by atoms with van der Waals surface area (Å²) in [6.07, 6.45) is -2.76. The van der Waals surface area contributed by atoms with E-state index in [0.717, 1.165) is 39.8 Å². The smallest absolute Gasteiger partial charge is 0.416 e. The second-order valence-corrected chi connectivity index (χ2v) is 12.9. The Labute approximate surface area is 285 Å². The van der Waals surface area contributed by atoms with E-state index in [1.807, 2.05) is 60.7 Å². The normalized spacial score (nSPS) is 12.4. The zero-order valence-electron chi connectivity index (χ0n) is 26.2. The molecule has 0 bridgehead atoms. The number of fused-ring (bicyclic) bond motifs is 1. The van der Waals surface area contributed by atoms with Crippen molar-refractivity contribution in [2.75, 3.05) is 24.2 Å². The fourth-order valence-electron chi connectivity index (χ4n) is 5.20. The maximum atomic E-state index is 13.1. The molecule has 1 amide bonds. The van der Waals surface area contributed by atoms with Crippen LogP contribution in [-0.2, 0) is 16.3 Å². The van der Waals surface area contributed by atoms with E-state index in [4.69, 9.17) is 13.7 Å². The number of carbonyl (C=O) groups is 1. The van der Waals surface area contributed by atoms with Crippen molar-refractivity contribution in [3.05, 3.63) is 138 Å². The molecule has 256 valence electrons. The van der Waals surface area contributed by atoms with Crippen LogP contribution in [0.5, 0.6) is 5.88 Å². The predicted molar refractivity (Wildman–Crippen MR) is 183 cm³/mol. The van der Waals surface area contributed by atoms with Crippen LogP contribution in [0.1, 0.15) is 27.5 Å². The number of furan rings is 1. The highest BCUT2D eigenvalue weighted by molar-refractivity contribution is 7.85. The van der Waals surface area contributed by atoms with Crippen molar-refractivity contribution in [2.24, 2.45) is 0 Å². The summed E-state index contributed by atoms with van der Waals surface area (Å²) in [5.41, 5.74) is 3.93. The van der Waals surface area contributed by atoms with Crippen molar-refractivity contribution in [1.82, 2.24) is 10.3 Å². The first-order chi connectivity index (χ1) is 23.9. The molecule has 50 heavy (non-hydrogen) atoms. The zero-order valence-corrected chi connectivity index (χ0v) is 27.0. The highest BCUT2D eigenvalue weighted by atomic mass is 32.2. The largest absolute Gasteiger partial charge is 0.475 e. The maximum Gasteiger partial charge on any atom is 0.416 e. The topological polar surface area (TPSA) is 131 Å². The number of benzene rings is 4. The van der Waals surface area contributed by atoms with Gasteiger partial charge in [-0.15, -0.1) is 0 Å². The SMILES string of the molecule is O=C(NCCS(=O)(=O)O)c1ccc(NC(COc2ccc(-c3cc4ccccc4o3)cn2)c2ccc(-c3ccc(C(F)(F)F)cc3)cc2)cc1. The summed E-state index contributed by atoms with van der Waals surface area (Å²) in [6.45, 7) is -0.110. The van der Waals surface area contributed by atoms with E-state index in [9.17, 15) is 26.4 Å².